The topological polar surface area (TPSA) is 66.1 Å². The predicted octanol–water partition coefficient (Wildman–Crippen LogP) is 3.83. The first kappa shape index (κ1) is 17.7. The van der Waals surface area contributed by atoms with Crippen LogP contribution in [0.5, 0.6) is 0 Å². The highest BCUT2D eigenvalue weighted by atomic mass is 32.1. The number of thiophene rings is 1. The molecule has 1 aliphatic heterocycles. The van der Waals surface area contributed by atoms with Crippen molar-refractivity contribution >= 4 is 17.2 Å². The molecule has 1 saturated heterocycles. The second-order valence-electron chi connectivity index (χ2n) is 6.85. The minimum Gasteiger partial charge on any atom is -0.339 e. The average Bonchev–Trinajstić information content (AvgIpc) is 3.09. The second-order valence-corrected chi connectivity index (χ2v) is 7.93. The Morgan fingerprint density at radius 3 is 2.67 bits per heavy atom. The van der Waals surface area contributed by atoms with E-state index in [1.54, 1.807) is 17.4 Å². The van der Waals surface area contributed by atoms with E-state index in [1.807, 2.05) is 28.5 Å². The van der Waals surface area contributed by atoms with Crippen LogP contribution in [-0.4, -0.2) is 33.9 Å². The Kier molecular flexibility index (Phi) is 4.90. The number of hydrogen-bond acceptors (Lipinski definition) is 4. The minimum absolute atomic E-state index is 0.0931. The summed E-state index contributed by atoms with van der Waals surface area (Å²) in [4.78, 5) is 34.6. The third kappa shape index (κ3) is 3.57. The number of nitrogens with one attached hydrogen (secondary N) is 1. The van der Waals surface area contributed by atoms with Crippen LogP contribution >= 0.6 is 11.3 Å². The number of hydrogen-bond donors (Lipinski definition) is 1. The molecule has 3 aromatic rings. The van der Waals surface area contributed by atoms with E-state index in [2.05, 4.69) is 29.0 Å². The maximum atomic E-state index is 13.2. The molecule has 27 heavy (non-hydrogen) atoms. The third-order valence-corrected chi connectivity index (χ3v) is 6.08. The molecular weight excluding hydrogens is 358 g/mol. The zero-order valence-corrected chi connectivity index (χ0v) is 16.0. The minimum atomic E-state index is -0.125. The Bertz CT molecular complexity index is 1000. The molecule has 1 aliphatic rings. The van der Waals surface area contributed by atoms with Crippen molar-refractivity contribution in [2.24, 2.45) is 0 Å². The summed E-state index contributed by atoms with van der Waals surface area (Å²) in [5.74, 6) is 0.324. The van der Waals surface area contributed by atoms with E-state index in [1.165, 1.54) is 6.33 Å². The normalized spacial score (nSPS) is 15.1. The van der Waals surface area contributed by atoms with Crippen molar-refractivity contribution in [2.45, 2.75) is 25.7 Å². The molecule has 0 atom stereocenters. The molecule has 5 nitrogen and oxygen atoms in total. The van der Waals surface area contributed by atoms with Gasteiger partial charge < -0.3 is 9.88 Å². The summed E-state index contributed by atoms with van der Waals surface area (Å²) in [6, 6.07) is 11.7. The summed E-state index contributed by atoms with van der Waals surface area (Å²) >= 11 is 1.62. The summed E-state index contributed by atoms with van der Waals surface area (Å²) in [6.45, 7) is 3.43. The number of aromatic nitrogens is 2. The lowest BCUT2D eigenvalue weighted by Gasteiger charge is -2.31. The van der Waals surface area contributed by atoms with Gasteiger partial charge in [0, 0.05) is 40.9 Å². The average molecular weight is 379 g/mol. The highest BCUT2D eigenvalue weighted by Gasteiger charge is 2.28. The molecule has 1 N–H and O–H groups in total. The van der Waals surface area contributed by atoms with Crippen LogP contribution in [0.15, 0.2) is 52.9 Å². The number of amides is 1. The third-order valence-electron chi connectivity index (χ3n) is 5.17. The van der Waals surface area contributed by atoms with Gasteiger partial charge in [0.2, 0.25) is 0 Å². The van der Waals surface area contributed by atoms with E-state index in [-0.39, 0.29) is 17.4 Å². The molecule has 1 fully saturated rings. The van der Waals surface area contributed by atoms with Crippen LogP contribution in [0.1, 0.15) is 39.7 Å². The van der Waals surface area contributed by atoms with Crippen LogP contribution in [0.3, 0.4) is 0 Å². The zero-order valence-electron chi connectivity index (χ0n) is 15.1. The largest absolute Gasteiger partial charge is 0.339 e. The maximum absolute atomic E-state index is 13.2. The molecule has 1 amide bonds. The Morgan fingerprint density at radius 2 is 1.96 bits per heavy atom. The monoisotopic (exact) mass is 379 g/mol. The Labute approximate surface area is 161 Å². The smallest absolute Gasteiger partial charge is 0.255 e. The van der Waals surface area contributed by atoms with Crippen LogP contribution in [0.2, 0.25) is 0 Å². The van der Waals surface area contributed by atoms with Crippen LogP contribution in [-0.2, 0) is 0 Å². The number of nitrogens with zero attached hydrogens (tertiary/aromatic N) is 2. The first-order valence-corrected chi connectivity index (χ1v) is 9.99. The molecule has 4 rings (SSSR count). The second kappa shape index (κ2) is 7.48. The molecule has 6 heteroatoms. The van der Waals surface area contributed by atoms with Crippen LogP contribution in [0, 0.1) is 6.92 Å². The van der Waals surface area contributed by atoms with Gasteiger partial charge in [0.05, 0.1) is 17.6 Å². The molecule has 138 valence electrons. The van der Waals surface area contributed by atoms with Crippen molar-refractivity contribution in [3.05, 3.63) is 74.6 Å². The van der Waals surface area contributed by atoms with Crippen molar-refractivity contribution in [3.8, 4) is 11.1 Å². The molecule has 2 aromatic heterocycles. The molecule has 0 radical (unpaired) electrons. The van der Waals surface area contributed by atoms with E-state index < -0.39 is 0 Å². The lowest BCUT2D eigenvalue weighted by Crippen LogP contribution is -2.38. The summed E-state index contributed by atoms with van der Waals surface area (Å²) in [5.41, 5.74) is 3.62. The van der Waals surface area contributed by atoms with Gasteiger partial charge in [-0.2, -0.15) is 0 Å². The molecule has 0 spiro atoms. The Morgan fingerprint density at radius 1 is 1.22 bits per heavy atom. The first-order valence-electron chi connectivity index (χ1n) is 9.11. The van der Waals surface area contributed by atoms with Crippen LogP contribution in [0.4, 0.5) is 0 Å². The molecule has 0 saturated carbocycles. The van der Waals surface area contributed by atoms with E-state index >= 15 is 0 Å². The molecular formula is C21H21N3O2S. The van der Waals surface area contributed by atoms with E-state index in [0.717, 1.165) is 40.1 Å². The molecule has 0 aliphatic carbocycles. The number of benzene rings is 1. The van der Waals surface area contributed by atoms with Crippen LogP contribution < -0.4 is 5.56 Å². The van der Waals surface area contributed by atoms with Gasteiger partial charge in [-0.3, -0.25) is 9.59 Å². The quantitative estimate of drug-likeness (QED) is 0.752. The van der Waals surface area contributed by atoms with Gasteiger partial charge >= 0.3 is 0 Å². The Balaban J connectivity index is 1.52. The SMILES string of the molecule is Cc1scc(C(=O)N2CCC(c3cc(=O)[nH]cn3)CC2)c1-c1ccccc1. The number of piperidine rings is 1. The van der Waals surface area contributed by atoms with Crippen molar-refractivity contribution in [2.75, 3.05) is 13.1 Å². The van der Waals surface area contributed by atoms with Gasteiger partial charge in [-0.15, -0.1) is 11.3 Å². The van der Waals surface area contributed by atoms with Crippen molar-refractivity contribution < 1.29 is 4.79 Å². The summed E-state index contributed by atoms with van der Waals surface area (Å²) in [7, 11) is 0. The number of aromatic amines is 1. The van der Waals surface area contributed by atoms with Gasteiger partial charge in [0.25, 0.3) is 11.5 Å². The number of carbonyl (C=O) groups excluding carboxylic acids is 1. The molecule has 0 bridgehead atoms. The lowest BCUT2D eigenvalue weighted by molar-refractivity contribution is 0.0713. The zero-order chi connectivity index (χ0) is 18.8. The standard InChI is InChI=1S/C21H21N3O2S/c1-14-20(16-5-3-2-4-6-16)17(12-27-14)21(26)24-9-7-15(8-10-24)18-11-19(25)23-13-22-18/h2-6,11-13,15H,7-10H2,1H3,(H,22,23,25). The van der Waals surface area contributed by atoms with Gasteiger partial charge in [-0.1, -0.05) is 30.3 Å². The molecule has 0 unspecified atom stereocenters. The summed E-state index contributed by atoms with van der Waals surface area (Å²) in [5, 5.41) is 1.98. The molecule has 1 aromatic carbocycles. The van der Waals surface area contributed by atoms with E-state index in [4.69, 9.17) is 0 Å². The van der Waals surface area contributed by atoms with Crippen LogP contribution in [0.25, 0.3) is 11.1 Å². The summed E-state index contributed by atoms with van der Waals surface area (Å²) in [6.07, 6.45) is 3.10. The lowest BCUT2D eigenvalue weighted by atomic mass is 9.92. The molecule has 3 heterocycles. The van der Waals surface area contributed by atoms with Gasteiger partial charge in [-0.25, -0.2) is 4.98 Å². The number of aryl methyl sites for hydroxylation is 1. The number of likely N-dealkylation sites (tertiary alicyclic amines) is 1. The Hall–Kier alpha value is -2.73. The maximum Gasteiger partial charge on any atom is 0.255 e. The highest BCUT2D eigenvalue weighted by Crippen LogP contribution is 2.34. The van der Waals surface area contributed by atoms with Gasteiger partial charge in [0.15, 0.2) is 0 Å². The highest BCUT2D eigenvalue weighted by molar-refractivity contribution is 7.10. The van der Waals surface area contributed by atoms with Crippen molar-refractivity contribution in [1.82, 2.24) is 14.9 Å². The fourth-order valence-electron chi connectivity index (χ4n) is 3.73. The van der Waals surface area contributed by atoms with Crippen molar-refractivity contribution in [1.29, 1.82) is 0 Å². The fraction of sp³-hybridized carbons (Fsp3) is 0.286. The van der Waals surface area contributed by atoms with E-state index in [0.29, 0.717) is 13.1 Å². The number of carbonyl (C=O) groups is 1. The van der Waals surface area contributed by atoms with Gasteiger partial charge in [0.1, 0.15) is 0 Å². The van der Waals surface area contributed by atoms with Gasteiger partial charge in [-0.05, 0) is 25.3 Å². The first-order chi connectivity index (χ1) is 13.1. The van der Waals surface area contributed by atoms with Crippen molar-refractivity contribution in [3.63, 3.8) is 0 Å². The fourth-order valence-corrected chi connectivity index (χ4v) is 4.59. The number of H-pyrrole nitrogens is 1. The predicted molar refractivity (Wildman–Crippen MR) is 107 cm³/mol. The van der Waals surface area contributed by atoms with E-state index in [9.17, 15) is 9.59 Å². The summed E-state index contributed by atoms with van der Waals surface area (Å²) < 4.78 is 0. The number of rotatable bonds is 3.